The van der Waals surface area contributed by atoms with Crippen LogP contribution in [0.3, 0.4) is 0 Å². The number of hydrogen-bond acceptors (Lipinski definition) is 2. The molecule has 1 heterocycles. The van der Waals surface area contributed by atoms with E-state index in [1.165, 1.54) is 6.07 Å². The second-order valence-corrected chi connectivity index (χ2v) is 4.27. The molecule has 1 aromatic rings. The van der Waals surface area contributed by atoms with E-state index in [0.29, 0.717) is 17.7 Å². The van der Waals surface area contributed by atoms with Gasteiger partial charge >= 0.3 is 0 Å². The van der Waals surface area contributed by atoms with Crippen LogP contribution in [0.1, 0.15) is 30.6 Å². The third kappa shape index (κ3) is 1.39. The van der Waals surface area contributed by atoms with Crippen molar-refractivity contribution in [3.8, 4) is 0 Å². The molecule has 14 heavy (non-hydrogen) atoms. The van der Waals surface area contributed by atoms with Gasteiger partial charge in [0.2, 0.25) is 0 Å². The van der Waals surface area contributed by atoms with Crippen molar-refractivity contribution in [1.82, 2.24) is 0 Å². The van der Waals surface area contributed by atoms with Crippen LogP contribution in [0.5, 0.6) is 0 Å². The van der Waals surface area contributed by atoms with Crippen molar-refractivity contribution in [3.63, 3.8) is 0 Å². The quantitative estimate of drug-likeness (QED) is 0.686. The molecule has 0 unspecified atom stereocenters. The average molecular weight is 193 g/mol. The summed E-state index contributed by atoms with van der Waals surface area (Å²) < 4.78 is 13.4. The fourth-order valence-corrected chi connectivity index (χ4v) is 1.76. The summed E-state index contributed by atoms with van der Waals surface area (Å²) in [4.78, 5) is 11.6. The number of fused-ring (bicyclic) bond motifs is 1. The number of hydrogen-bond donors (Lipinski definition) is 1. The van der Waals surface area contributed by atoms with Gasteiger partial charge in [-0.25, -0.2) is 4.39 Å². The van der Waals surface area contributed by atoms with E-state index < -0.39 is 0 Å². The number of nitrogens with one attached hydrogen (secondary N) is 1. The molecule has 0 bridgehead atoms. The summed E-state index contributed by atoms with van der Waals surface area (Å²) >= 11 is 0. The van der Waals surface area contributed by atoms with Gasteiger partial charge in [0.15, 0.2) is 5.78 Å². The van der Waals surface area contributed by atoms with E-state index in [4.69, 9.17) is 0 Å². The van der Waals surface area contributed by atoms with Crippen molar-refractivity contribution < 1.29 is 9.18 Å². The lowest BCUT2D eigenvalue weighted by Crippen LogP contribution is -2.38. The normalized spacial score (nSPS) is 18.6. The van der Waals surface area contributed by atoms with Gasteiger partial charge in [-0.2, -0.15) is 0 Å². The number of anilines is 1. The highest BCUT2D eigenvalue weighted by molar-refractivity contribution is 6.04. The minimum Gasteiger partial charge on any atom is -0.377 e. The maximum absolute atomic E-state index is 13.4. The summed E-state index contributed by atoms with van der Waals surface area (Å²) in [5, 5.41) is 3.04. The Balaban J connectivity index is 2.56. The Morgan fingerprint density at radius 3 is 2.86 bits per heavy atom. The van der Waals surface area contributed by atoms with Crippen molar-refractivity contribution in [2.45, 2.75) is 25.8 Å². The molecule has 3 heteroatoms. The fraction of sp³-hybridized carbons (Fsp3) is 0.364. The highest BCUT2D eigenvalue weighted by Crippen LogP contribution is 2.31. The highest BCUT2D eigenvalue weighted by Gasteiger charge is 2.31. The molecule has 0 aromatic heterocycles. The van der Waals surface area contributed by atoms with Crippen LogP contribution in [0.4, 0.5) is 10.1 Å². The fourth-order valence-electron chi connectivity index (χ4n) is 1.76. The molecular weight excluding hydrogens is 181 g/mol. The largest absolute Gasteiger partial charge is 0.377 e. The van der Waals surface area contributed by atoms with Crippen LogP contribution in [-0.2, 0) is 0 Å². The van der Waals surface area contributed by atoms with E-state index in [1.807, 2.05) is 13.8 Å². The maximum Gasteiger partial charge on any atom is 0.167 e. The first-order chi connectivity index (χ1) is 6.49. The van der Waals surface area contributed by atoms with Gasteiger partial charge in [-0.3, -0.25) is 4.79 Å². The maximum atomic E-state index is 13.4. The molecule has 0 fully saturated rings. The molecule has 0 radical (unpaired) electrons. The summed E-state index contributed by atoms with van der Waals surface area (Å²) in [5.41, 5.74) is 0.449. The van der Waals surface area contributed by atoms with Gasteiger partial charge in [0.1, 0.15) is 5.82 Å². The van der Waals surface area contributed by atoms with Crippen molar-refractivity contribution in [2.75, 3.05) is 5.32 Å². The second-order valence-electron chi connectivity index (χ2n) is 4.27. The van der Waals surface area contributed by atoms with Crippen LogP contribution in [0.25, 0.3) is 0 Å². The summed E-state index contributed by atoms with van der Waals surface area (Å²) in [6, 6.07) is 4.58. The third-order valence-electron chi connectivity index (χ3n) is 2.38. The first-order valence-electron chi connectivity index (χ1n) is 4.59. The molecule has 2 rings (SSSR count). The van der Waals surface area contributed by atoms with Gasteiger partial charge in [-0.05, 0) is 26.0 Å². The predicted octanol–water partition coefficient (Wildman–Crippen LogP) is 2.60. The first kappa shape index (κ1) is 9.19. The lowest BCUT2D eigenvalue weighted by atomic mass is 9.88. The smallest absolute Gasteiger partial charge is 0.167 e. The zero-order valence-corrected chi connectivity index (χ0v) is 8.23. The van der Waals surface area contributed by atoms with Gasteiger partial charge in [0.25, 0.3) is 0 Å². The van der Waals surface area contributed by atoms with E-state index in [0.717, 1.165) is 0 Å². The third-order valence-corrected chi connectivity index (χ3v) is 2.38. The molecule has 74 valence electrons. The monoisotopic (exact) mass is 193 g/mol. The van der Waals surface area contributed by atoms with Crippen LogP contribution >= 0.6 is 0 Å². The Morgan fingerprint density at radius 1 is 1.43 bits per heavy atom. The van der Waals surface area contributed by atoms with Crippen molar-refractivity contribution in [1.29, 1.82) is 0 Å². The average Bonchev–Trinajstić information content (AvgIpc) is 2.05. The van der Waals surface area contributed by atoms with E-state index in [-0.39, 0.29) is 17.1 Å². The number of benzene rings is 1. The summed E-state index contributed by atoms with van der Waals surface area (Å²) in [5.74, 6) is -0.355. The summed E-state index contributed by atoms with van der Waals surface area (Å²) in [6.07, 6.45) is 0.406. The molecule has 2 nitrogen and oxygen atoms in total. The van der Waals surface area contributed by atoms with E-state index >= 15 is 0 Å². The molecule has 0 aliphatic carbocycles. The Morgan fingerprint density at radius 2 is 2.14 bits per heavy atom. The van der Waals surface area contributed by atoms with Crippen molar-refractivity contribution >= 4 is 11.5 Å². The molecule has 1 aliphatic heterocycles. The number of Topliss-reactive ketones (excluding diaryl/α,β-unsaturated/α-hetero) is 1. The van der Waals surface area contributed by atoms with Crippen LogP contribution in [-0.4, -0.2) is 11.3 Å². The molecule has 0 amide bonds. The van der Waals surface area contributed by atoms with Crippen LogP contribution < -0.4 is 5.32 Å². The Bertz CT molecular complexity index is 398. The molecular formula is C11H12FNO. The van der Waals surface area contributed by atoms with Crippen molar-refractivity contribution in [2.24, 2.45) is 0 Å². The molecule has 1 aliphatic rings. The van der Waals surface area contributed by atoms with E-state index in [2.05, 4.69) is 5.32 Å². The van der Waals surface area contributed by atoms with Gasteiger partial charge in [0.05, 0.1) is 5.69 Å². The SMILES string of the molecule is CC1(C)CC(=O)c2cccc(F)c2N1. The lowest BCUT2D eigenvalue weighted by Gasteiger charge is -2.32. The second kappa shape index (κ2) is 2.80. The zero-order chi connectivity index (χ0) is 10.3. The van der Waals surface area contributed by atoms with E-state index in [1.54, 1.807) is 12.1 Å². The first-order valence-corrected chi connectivity index (χ1v) is 4.59. The Kier molecular flexibility index (Phi) is 1.84. The van der Waals surface area contributed by atoms with Gasteiger partial charge < -0.3 is 5.32 Å². The highest BCUT2D eigenvalue weighted by atomic mass is 19.1. The zero-order valence-electron chi connectivity index (χ0n) is 8.23. The van der Waals surface area contributed by atoms with Gasteiger partial charge in [0, 0.05) is 17.5 Å². The molecule has 0 spiro atoms. The molecule has 0 saturated heterocycles. The predicted molar refractivity (Wildman–Crippen MR) is 53.0 cm³/mol. The van der Waals surface area contributed by atoms with Crippen LogP contribution in [0.15, 0.2) is 18.2 Å². The van der Waals surface area contributed by atoms with Crippen molar-refractivity contribution in [3.05, 3.63) is 29.6 Å². The number of halogens is 1. The summed E-state index contributed by atoms with van der Waals surface area (Å²) in [6.45, 7) is 3.78. The van der Waals surface area contributed by atoms with Crippen LogP contribution in [0, 0.1) is 5.82 Å². The number of carbonyl (C=O) groups is 1. The molecule has 0 saturated carbocycles. The number of para-hydroxylation sites is 1. The minimum atomic E-state index is -0.358. The minimum absolute atomic E-state index is 0.00301. The van der Waals surface area contributed by atoms with Crippen LogP contribution in [0.2, 0.25) is 0 Å². The Labute approximate surface area is 82.1 Å². The standard InChI is InChI=1S/C11H12FNO/c1-11(2)6-9(14)7-4-3-5-8(12)10(7)13-11/h3-5,13H,6H2,1-2H3. The lowest BCUT2D eigenvalue weighted by molar-refractivity contribution is 0.0957. The van der Waals surface area contributed by atoms with E-state index in [9.17, 15) is 9.18 Å². The summed E-state index contributed by atoms with van der Waals surface area (Å²) in [7, 11) is 0. The molecule has 1 aromatic carbocycles. The topological polar surface area (TPSA) is 29.1 Å². The number of rotatable bonds is 0. The van der Waals surface area contributed by atoms with Gasteiger partial charge in [-0.1, -0.05) is 6.07 Å². The number of carbonyl (C=O) groups excluding carboxylic acids is 1. The molecule has 0 atom stereocenters. The number of ketones is 1. The molecule has 1 N–H and O–H groups in total. The Hall–Kier alpha value is -1.38. The van der Waals surface area contributed by atoms with Gasteiger partial charge in [-0.15, -0.1) is 0 Å².